The van der Waals surface area contributed by atoms with Gasteiger partial charge in [0.1, 0.15) is 17.3 Å². The molecule has 0 spiro atoms. The van der Waals surface area contributed by atoms with Gasteiger partial charge in [0.25, 0.3) is 5.78 Å². The van der Waals surface area contributed by atoms with Crippen molar-refractivity contribution in [2.45, 2.75) is 46.1 Å². The highest BCUT2D eigenvalue weighted by Crippen LogP contribution is 2.44. The first-order valence-corrected chi connectivity index (χ1v) is 13.2. The van der Waals surface area contributed by atoms with Crippen LogP contribution in [0, 0.1) is 6.92 Å². The van der Waals surface area contributed by atoms with Gasteiger partial charge < -0.3 is 14.6 Å². The van der Waals surface area contributed by atoms with E-state index in [2.05, 4.69) is 11.9 Å². The molecule has 0 saturated carbocycles. The van der Waals surface area contributed by atoms with E-state index in [9.17, 15) is 19.5 Å². The molecule has 38 heavy (non-hydrogen) atoms. The van der Waals surface area contributed by atoms with Gasteiger partial charge in [0.15, 0.2) is 10.9 Å². The van der Waals surface area contributed by atoms with Crippen molar-refractivity contribution in [3.63, 3.8) is 0 Å². The summed E-state index contributed by atoms with van der Waals surface area (Å²) in [6, 6.07) is 12.7. The van der Waals surface area contributed by atoms with Crippen molar-refractivity contribution in [1.82, 2.24) is 4.98 Å². The van der Waals surface area contributed by atoms with Crippen LogP contribution in [0.5, 0.6) is 11.5 Å². The zero-order valence-corrected chi connectivity index (χ0v) is 22.6. The number of aliphatic hydroxyl groups excluding tert-OH is 1. The van der Waals surface area contributed by atoms with E-state index in [4.69, 9.17) is 9.47 Å². The van der Waals surface area contributed by atoms with Crippen LogP contribution in [0.2, 0.25) is 0 Å². The molecule has 198 valence electrons. The monoisotopic (exact) mass is 534 g/mol. The number of methoxy groups -OCH3 is 1. The van der Waals surface area contributed by atoms with E-state index < -0.39 is 17.7 Å². The third kappa shape index (κ3) is 5.33. The molecule has 0 unspecified atom stereocenters. The number of benzene rings is 2. The molecule has 2 heterocycles. The minimum Gasteiger partial charge on any atom is -0.507 e. The van der Waals surface area contributed by atoms with E-state index >= 15 is 0 Å². The van der Waals surface area contributed by atoms with Gasteiger partial charge in [0.05, 0.1) is 35.9 Å². The number of aliphatic hydroxyl groups is 1. The number of hydrogen-bond acceptors (Lipinski definition) is 8. The summed E-state index contributed by atoms with van der Waals surface area (Å²) in [5.74, 6) is -0.890. The lowest BCUT2D eigenvalue weighted by Gasteiger charge is -2.23. The Morgan fingerprint density at radius 3 is 2.29 bits per heavy atom. The first-order chi connectivity index (χ1) is 18.3. The van der Waals surface area contributed by atoms with Gasteiger partial charge in [0, 0.05) is 12.5 Å². The van der Waals surface area contributed by atoms with Crippen LogP contribution in [0.4, 0.5) is 5.13 Å². The predicted molar refractivity (Wildman–Crippen MR) is 146 cm³/mol. The van der Waals surface area contributed by atoms with Gasteiger partial charge in [-0.15, -0.1) is 0 Å². The van der Waals surface area contributed by atoms with Gasteiger partial charge in [-0.05, 0) is 55.3 Å². The van der Waals surface area contributed by atoms with Crippen LogP contribution < -0.4 is 14.4 Å². The van der Waals surface area contributed by atoms with Crippen molar-refractivity contribution in [1.29, 1.82) is 0 Å². The molecular weight excluding hydrogens is 504 g/mol. The fourth-order valence-corrected chi connectivity index (χ4v) is 5.34. The molecule has 3 aromatic rings. The molecule has 1 N–H and O–H groups in total. The third-order valence-electron chi connectivity index (χ3n) is 6.33. The largest absolute Gasteiger partial charge is 0.507 e. The van der Waals surface area contributed by atoms with Gasteiger partial charge in [0.2, 0.25) is 0 Å². The summed E-state index contributed by atoms with van der Waals surface area (Å²) in [4.78, 5) is 44.9. The number of hydrogen-bond donors (Lipinski definition) is 1. The van der Waals surface area contributed by atoms with Crippen molar-refractivity contribution >= 4 is 39.7 Å². The summed E-state index contributed by atoms with van der Waals surface area (Å²) in [5.41, 5.74) is 1.37. The standard InChI is InChI=1S/C29H30N2O6S/c1-5-6-7-16-37-22-14-8-19(9-15-22)24-23(25(33)20-10-12-21(36-4)13-11-20)26(34)28(35)31(24)29-30-17(2)27(38-29)18(3)32/h8-15,24,33H,5-7,16H2,1-4H3/t24-/m0/s1. The van der Waals surface area contributed by atoms with Crippen molar-refractivity contribution in [2.75, 3.05) is 18.6 Å². The highest BCUT2D eigenvalue weighted by atomic mass is 32.1. The summed E-state index contributed by atoms with van der Waals surface area (Å²) < 4.78 is 11.0. The van der Waals surface area contributed by atoms with Crippen LogP contribution in [-0.4, -0.2) is 41.3 Å². The molecule has 9 heteroatoms. The Hall–Kier alpha value is -3.98. The molecule has 1 aliphatic rings. The zero-order chi connectivity index (χ0) is 27.4. The number of anilines is 1. The van der Waals surface area contributed by atoms with Gasteiger partial charge in [-0.2, -0.15) is 0 Å². The fourth-order valence-electron chi connectivity index (χ4n) is 4.35. The first kappa shape index (κ1) is 27.1. The second kappa shape index (κ2) is 11.6. The summed E-state index contributed by atoms with van der Waals surface area (Å²) in [7, 11) is 1.53. The van der Waals surface area contributed by atoms with E-state index in [0.717, 1.165) is 30.6 Å². The number of carbonyl (C=O) groups excluding carboxylic acids is 3. The Labute approximate surface area is 225 Å². The number of carbonyl (C=O) groups is 3. The normalized spacial score (nSPS) is 16.6. The summed E-state index contributed by atoms with van der Waals surface area (Å²) in [6.07, 6.45) is 3.12. The predicted octanol–water partition coefficient (Wildman–Crippen LogP) is 5.86. The number of aromatic nitrogens is 1. The van der Waals surface area contributed by atoms with Gasteiger partial charge >= 0.3 is 5.91 Å². The topological polar surface area (TPSA) is 106 Å². The molecule has 1 aromatic heterocycles. The number of thiazole rings is 1. The van der Waals surface area contributed by atoms with Crippen LogP contribution in [0.3, 0.4) is 0 Å². The molecule has 4 rings (SSSR count). The Morgan fingerprint density at radius 1 is 1.05 bits per heavy atom. The second-order valence-corrected chi connectivity index (χ2v) is 9.97. The van der Waals surface area contributed by atoms with Gasteiger partial charge in [-0.3, -0.25) is 19.3 Å². The number of rotatable bonds is 10. The van der Waals surface area contributed by atoms with E-state index in [-0.39, 0.29) is 22.2 Å². The SMILES string of the molecule is CCCCCOc1ccc([C@H]2C(=C(O)c3ccc(OC)cc3)C(=O)C(=O)N2c2nc(C)c(C(C)=O)s2)cc1. The fraction of sp³-hybridized carbons (Fsp3) is 0.310. The van der Waals surface area contributed by atoms with Crippen LogP contribution in [0.15, 0.2) is 54.1 Å². The molecule has 0 aliphatic carbocycles. The van der Waals surface area contributed by atoms with Crippen LogP contribution in [-0.2, 0) is 9.59 Å². The van der Waals surface area contributed by atoms with Crippen molar-refractivity contribution in [3.05, 3.63) is 75.8 Å². The Bertz CT molecular complexity index is 1380. The third-order valence-corrected chi connectivity index (χ3v) is 7.59. The molecule has 1 aliphatic heterocycles. The quantitative estimate of drug-likeness (QED) is 0.114. The summed E-state index contributed by atoms with van der Waals surface area (Å²) >= 11 is 1.05. The molecular formula is C29H30N2O6S. The first-order valence-electron chi connectivity index (χ1n) is 12.4. The van der Waals surface area contributed by atoms with E-state index in [0.29, 0.717) is 39.8 Å². The lowest BCUT2D eigenvalue weighted by molar-refractivity contribution is -0.132. The van der Waals surface area contributed by atoms with E-state index in [1.54, 1.807) is 55.5 Å². The number of Topliss-reactive ketones (excluding diaryl/α,β-unsaturated/α-hetero) is 2. The molecule has 1 fully saturated rings. The maximum atomic E-state index is 13.4. The average molecular weight is 535 g/mol. The molecule has 8 nitrogen and oxygen atoms in total. The molecule has 1 saturated heterocycles. The Morgan fingerprint density at radius 2 is 1.71 bits per heavy atom. The molecule has 0 bridgehead atoms. The second-order valence-electron chi connectivity index (χ2n) is 8.99. The van der Waals surface area contributed by atoms with Gasteiger partial charge in [-0.25, -0.2) is 4.98 Å². The van der Waals surface area contributed by atoms with E-state index in [1.165, 1.54) is 18.9 Å². The molecule has 1 atom stereocenters. The number of unbranched alkanes of at least 4 members (excludes halogenated alkanes) is 2. The maximum absolute atomic E-state index is 13.4. The molecule has 2 aromatic carbocycles. The van der Waals surface area contributed by atoms with Crippen molar-refractivity contribution < 1.29 is 29.0 Å². The van der Waals surface area contributed by atoms with Gasteiger partial charge in [-0.1, -0.05) is 43.2 Å². The summed E-state index contributed by atoms with van der Waals surface area (Å²) in [6.45, 7) is 5.83. The van der Waals surface area contributed by atoms with Crippen LogP contribution >= 0.6 is 11.3 Å². The highest BCUT2D eigenvalue weighted by molar-refractivity contribution is 7.18. The van der Waals surface area contributed by atoms with Crippen LogP contribution in [0.1, 0.15) is 65.6 Å². The Kier molecular flexibility index (Phi) is 8.26. The number of ketones is 2. The average Bonchev–Trinajstić information content (AvgIpc) is 3.43. The number of aryl methyl sites for hydroxylation is 1. The smallest absolute Gasteiger partial charge is 0.301 e. The Balaban J connectivity index is 1.80. The minimum atomic E-state index is -0.948. The van der Waals surface area contributed by atoms with Crippen molar-refractivity contribution in [2.24, 2.45) is 0 Å². The minimum absolute atomic E-state index is 0.0611. The lowest BCUT2D eigenvalue weighted by atomic mass is 9.95. The zero-order valence-electron chi connectivity index (χ0n) is 21.8. The summed E-state index contributed by atoms with van der Waals surface area (Å²) in [5, 5.41) is 11.5. The van der Waals surface area contributed by atoms with Crippen molar-refractivity contribution in [3.8, 4) is 11.5 Å². The lowest BCUT2D eigenvalue weighted by Crippen LogP contribution is -2.29. The number of ether oxygens (including phenoxy) is 2. The molecule has 0 radical (unpaired) electrons. The van der Waals surface area contributed by atoms with E-state index in [1.807, 2.05) is 0 Å². The molecule has 1 amide bonds. The maximum Gasteiger partial charge on any atom is 0.301 e. The van der Waals surface area contributed by atoms with Crippen LogP contribution in [0.25, 0.3) is 5.76 Å². The number of amides is 1. The number of nitrogens with zero attached hydrogens (tertiary/aromatic N) is 2. The highest BCUT2D eigenvalue weighted by Gasteiger charge is 2.48.